The van der Waals surface area contributed by atoms with E-state index in [0.29, 0.717) is 17.3 Å². The van der Waals surface area contributed by atoms with Gasteiger partial charge in [-0.1, -0.05) is 6.07 Å². The van der Waals surface area contributed by atoms with Crippen LogP contribution >= 0.6 is 11.3 Å². The topological polar surface area (TPSA) is 53.0 Å². The molecule has 0 aliphatic heterocycles. The maximum Gasteiger partial charge on any atom is 0.101 e. The number of rotatable bonds is 4. The maximum absolute atomic E-state index is 9.07. The second kappa shape index (κ2) is 5.77. The molecule has 0 aliphatic rings. The van der Waals surface area contributed by atoms with Crippen LogP contribution in [0.3, 0.4) is 0 Å². The SMILES string of the molecule is CC(C)N(Cc1cccs1)c1ccc(N)c(C#N)c1. The number of nitriles is 1. The molecule has 0 aliphatic carbocycles. The molecule has 0 atom stereocenters. The van der Waals surface area contributed by atoms with Crippen molar-refractivity contribution in [3.8, 4) is 6.07 Å². The molecule has 0 saturated carbocycles. The van der Waals surface area contributed by atoms with Gasteiger partial charge in [0, 0.05) is 22.3 Å². The average Bonchev–Trinajstić information content (AvgIpc) is 2.89. The van der Waals surface area contributed by atoms with Crippen LogP contribution in [0.5, 0.6) is 0 Å². The van der Waals surface area contributed by atoms with E-state index < -0.39 is 0 Å². The Morgan fingerprint density at radius 2 is 2.16 bits per heavy atom. The Labute approximate surface area is 117 Å². The monoisotopic (exact) mass is 271 g/mol. The minimum atomic E-state index is 0.359. The third-order valence-corrected chi connectivity index (χ3v) is 3.88. The summed E-state index contributed by atoms with van der Waals surface area (Å²) >= 11 is 1.75. The lowest BCUT2D eigenvalue weighted by molar-refractivity contribution is 0.687. The Bertz CT molecular complexity index is 582. The zero-order chi connectivity index (χ0) is 13.8. The van der Waals surface area contributed by atoms with Crippen LogP contribution in [0.1, 0.15) is 24.3 Å². The first-order valence-corrected chi connectivity index (χ1v) is 7.08. The van der Waals surface area contributed by atoms with Gasteiger partial charge in [-0.3, -0.25) is 0 Å². The fourth-order valence-electron chi connectivity index (χ4n) is 1.96. The Morgan fingerprint density at radius 3 is 2.74 bits per heavy atom. The van der Waals surface area contributed by atoms with Crippen molar-refractivity contribution >= 4 is 22.7 Å². The molecule has 1 aromatic heterocycles. The van der Waals surface area contributed by atoms with E-state index in [0.717, 1.165) is 12.2 Å². The van der Waals surface area contributed by atoms with Crippen molar-refractivity contribution in [2.24, 2.45) is 0 Å². The third kappa shape index (κ3) is 3.07. The number of nitrogens with zero attached hydrogens (tertiary/aromatic N) is 2. The molecule has 0 fully saturated rings. The van der Waals surface area contributed by atoms with E-state index in [4.69, 9.17) is 11.0 Å². The van der Waals surface area contributed by atoms with Crippen molar-refractivity contribution in [1.82, 2.24) is 0 Å². The first kappa shape index (κ1) is 13.4. The lowest BCUT2D eigenvalue weighted by atomic mass is 10.1. The second-order valence-corrected chi connectivity index (χ2v) is 5.72. The molecular formula is C15H17N3S. The molecule has 3 nitrogen and oxygen atoms in total. The molecule has 0 amide bonds. The van der Waals surface area contributed by atoms with E-state index in [1.807, 2.05) is 12.1 Å². The highest BCUT2D eigenvalue weighted by atomic mass is 32.1. The fraction of sp³-hybridized carbons (Fsp3) is 0.267. The van der Waals surface area contributed by atoms with Gasteiger partial charge < -0.3 is 10.6 Å². The van der Waals surface area contributed by atoms with Crippen LogP contribution in [0.2, 0.25) is 0 Å². The van der Waals surface area contributed by atoms with Crippen LogP contribution in [-0.2, 0) is 6.54 Å². The summed E-state index contributed by atoms with van der Waals surface area (Å²) in [6.07, 6.45) is 0. The molecule has 0 bridgehead atoms. The summed E-state index contributed by atoms with van der Waals surface area (Å²) in [5.74, 6) is 0. The number of nitrogens with two attached hydrogens (primary N) is 1. The van der Waals surface area contributed by atoms with Gasteiger partial charge in [-0.15, -0.1) is 11.3 Å². The van der Waals surface area contributed by atoms with Crippen LogP contribution in [0.25, 0.3) is 0 Å². The summed E-state index contributed by atoms with van der Waals surface area (Å²) in [4.78, 5) is 3.58. The molecule has 2 rings (SSSR count). The van der Waals surface area contributed by atoms with Crippen LogP contribution in [0, 0.1) is 11.3 Å². The molecule has 2 aromatic rings. The van der Waals surface area contributed by atoms with Crippen molar-refractivity contribution in [1.29, 1.82) is 5.26 Å². The number of benzene rings is 1. The summed E-state index contributed by atoms with van der Waals surface area (Å²) in [7, 11) is 0. The molecule has 0 spiro atoms. The van der Waals surface area contributed by atoms with Gasteiger partial charge in [0.25, 0.3) is 0 Å². The zero-order valence-corrected chi connectivity index (χ0v) is 11.9. The third-order valence-electron chi connectivity index (χ3n) is 3.02. The van der Waals surface area contributed by atoms with Gasteiger partial charge >= 0.3 is 0 Å². The molecule has 4 heteroatoms. The van der Waals surface area contributed by atoms with Crippen molar-refractivity contribution in [3.63, 3.8) is 0 Å². The summed E-state index contributed by atoms with van der Waals surface area (Å²) in [6.45, 7) is 5.15. The average molecular weight is 271 g/mol. The lowest BCUT2D eigenvalue weighted by Gasteiger charge is -2.29. The number of hydrogen-bond donors (Lipinski definition) is 1. The Balaban J connectivity index is 2.32. The van der Waals surface area contributed by atoms with E-state index in [1.165, 1.54) is 4.88 Å². The molecule has 98 valence electrons. The molecule has 19 heavy (non-hydrogen) atoms. The van der Waals surface area contributed by atoms with Gasteiger partial charge in [0.2, 0.25) is 0 Å². The molecule has 1 aromatic carbocycles. The summed E-state index contributed by atoms with van der Waals surface area (Å²) in [5, 5.41) is 11.2. The van der Waals surface area contributed by atoms with E-state index in [1.54, 1.807) is 17.4 Å². The first-order valence-electron chi connectivity index (χ1n) is 6.20. The lowest BCUT2D eigenvalue weighted by Crippen LogP contribution is -2.29. The maximum atomic E-state index is 9.07. The van der Waals surface area contributed by atoms with Gasteiger partial charge in [0.1, 0.15) is 6.07 Å². The van der Waals surface area contributed by atoms with Crippen LogP contribution in [0.4, 0.5) is 11.4 Å². The predicted molar refractivity (Wildman–Crippen MR) is 81.2 cm³/mol. The predicted octanol–water partition coefficient (Wildman–Crippen LogP) is 3.62. The summed E-state index contributed by atoms with van der Waals surface area (Å²) in [5.41, 5.74) is 7.88. The molecule has 0 unspecified atom stereocenters. The zero-order valence-electron chi connectivity index (χ0n) is 11.1. The Kier molecular flexibility index (Phi) is 4.08. The van der Waals surface area contributed by atoms with E-state index in [-0.39, 0.29) is 0 Å². The van der Waals surface area contributed by atoms with Gasteiger partial charge in [-0.25, -0.2) is 0 Å². The normalized spacial score (nSPS) is 10.4. The highest BCUT2D eigenvalue weighted by Gasteiger charge is 2.13. The Hall–Kier alpha value is -1.99. The molecule has 2 N–H and O–H groups in total. The van der Waals surface area contributed by atoms with Crippen LogP contribution < -0.4 is 10.6 Å². The van der Waals surface area contributed by atoms with E-state index >= 15 is 0 Å². The molecule has 1 heterocycles. The van der Waals surface area contributed by atoms with Crippen molar-refractivity contribution in [2.75, 3.05) is 10.6 Å². The molecular weight excluding hydrogens is 254 g/mol. The van der Waals surface area contributed by atoms with Gasteiger partial charge in [-0.05, 0) is 43.5 Å². The summed E-state index contributed by atoms with van der Waals surface area (Å²) in [6, 6.07) is 12.3. The van der Waals surface area contributed by atoms with Gasteiger partial charge in [0.05, 0.1) is 12.1 Å². The smallest absolute Gasteiger partial charge is 0.101 e. The summed E-state index contributed by atoms with van der Waals surface area (Å²) < 4.78 is 0. The molecule has 0 saturated heterocycles. The number of hydrogen-bond acceptors (Lipinski definition) is 4. The van der Waals surface area contributed by atoms with Crippen LogP contribution in [-0.4, -0.2) is 6.04 Å². The first-order chi connectivity index (χ1) is 9.11. The second-order valence-electron chi connectivity index (χ2n) is 4.68. The number of thiophene rings is 1. The van der Waals surface area contributed by atoms with Crippen LogP contribution in [0.15, 0.2) is 35.7 Å². The van der Waals surface area contributed by atoms with Gasteiger partial charge in [-0.2, -0.15) is 5.26 Å². The van der Waals surface area contributed by atoms with Gasteiger partial charge in [0.15, 0.2) is 0 Å². The highest BCUT2D eigenvalue weighted by molar-refractivity contribution is 7.09. The molecule has 0 radical (unpaired) electrons. The highest BCUT2D eigenvalue weighted by Crippen LogP contribution is 2.25. The quantitative estimate of drug-likeness (QED) is 0.864. The van der Waals surface area contributed by atoms with Crippen molar-refractivity contribution < 1.29 is 0 Å². The van der Waals surface area contributed by atoms with Crippen molar-refractivity contribution in [3.05, 3.63) is 46.2 Å². The number of nitrogen functional groups attached to an aromatic ring is 1. The fourth-order valence-corrected chi connectivity index (χ4v) is 2.66. The largest absolute Gasteiger partial charge is 0.398 e. The van der Waals surface area contributed by atoms with Crippen molar-refractivity contribution in [2.45, 2.75) is 26.4 Å². The van der Waals surface area contributed by atoms with E-state index in [2.05, 4.69) is 42.3 Å². The Morgan fingerprint density at radius 1 is 1.37 bits per heavy atom. The number of anilines is 2. The minimum absolute atomic E-state index is 0.359. The minimum Gasteiger partial charge on any atom is -0.398 e. The standard InChI is InChI=1S/C15H17N3S/c1-11(2)18(10-14-4-3-7-19-14)13-5-6-15(17)12(8-13)9-16/h3-8,11H,10,17H2,1-2H3. The van der Waals surface area contributed by atoms with E-state index in [9.17, 15) is 0 Å².